The van der Waals surface area contributed by atoms with Crippen LogP contribution in [0.25, 0.3) is 0 Å². The van der Waals surface area contributed by atoms with E-state index in [2.05, 4.69) is 20.9 Å². The fraction of sp³-hybridized carbons (Fsp3) is 0.174. The number of benzene rings is 2. The van der Waals surface area contributed by atoms with Crippen molar-refractivity contribution in [2.45, 2.75) is 0 Å². The van der Waals surface area contributed by atoms with Crippen molar-refractivity contribution in [3.8, 4) is 17.2 Å². The van der Waals surface area contributed by atoms with Crippen molar-refractivity contribution in [2.75, 3.05) is 25.2 Å². The molecule has 0 aliphatic carbocycles. The molecule has 0 amide bonds. The van der Waals surface area contributed by atoms with E-state index in [1.165, 1.54) is 0 Å². The van der Waals surface area contributed by atoms with Gasteiger partial charge < -0.3 is 14.2 Å². The molecule has 30 heavy (non-hydrogen) atoms. The predicted octanol–water partition coefficient (Wildman–Crippen LogP) is 4.62. The first-order chi connectivity index (χ1) is 14.7. The molecule has 1 heterocycles. The Morgan fingerprint density at radius 3 is 1.43 bits per heavy atom. The number of pyridine rings is 1. The molecule has 0 aliphatic heterocycles. The molecule has 7 heteroatoms. The molecule has 6 nitrogen and oxygen atoms in total. The fourth-order valence-corrected chi connectivity index (χ4v) is 2.36. The SMILES string of the molecule is O=Cc1ccc(OCCBr)cc1.O=Cc1ccc(OCCOc2ccncc2)cc1. The number of hydrogen-bond acceptors (Lipinski definition) is 6. The summed E-state index contributed by atoms with van der Waals surface area (Å²) in [6, 6.07) is 17.6. The van der Waals surface area contributed by atoms with Gasteiger partial charge in [-0.25, -0.2) is 0 Å². The van der Waals surface area contributed by atoms with Crippen molar-refractivity contribution in [3.63, 3.8) is 0 Å². The lowest BCUT2D eigenvalue weighted by atomic mass is 10.2. The molecule has 0 atom stereocenters. The van der Waals surface area contributed by atoms with Gasteiger partial charge in [0.25, 0.3) is 0 Å². The van der Waals surface area contributed by atoms with E-state index >= 15 is 0 Å². The van der Waals surface area contributed by atoms with Crippen LogP contribution in [0.1, 0.15) is 20.7 Å². The highest BCUT2D eigenvalue weighted by atomic mass is 79.9. The number of alkyl halides is 1. The highest BCUT2D eigenvalue weighted by Gasteiger charge is 1.96. The van der Waals surface area contributed by atoms with E-state index in [9.17, 15) is 9.59 Å². The van der Waals surface area contributed by atoms with Crippen molar-refractivity contribution in [3.05, 3.63) is 84.2 Å². The molecule has 3 aromatic rings. The Bertz CT molecular complexity index is 870. The van der Waals surface area contributed by atoms with Crippen molar-refractivity contribution in [1.29, 1.82) is 0 Å². The molecule has 2 aromatic carbocycles. The van der Waals surface area contributed by atoms with Gasteiger partial charge in [0.05, 0.1) is 6.61 Å². The van der Waals surface area contributed by atoms with E-state index in [1.807, 2.05) is 0 Å². The Labute approximate surface area is 183 Å². The summed E-state index contributed by atoms with van der Waals surface area (Å²) in [7, 11) is 0. The molecular formula is C23H22BrNO5. The standard InChI is InChI=1S/C14H13NO3.C9H9BrO2/c16-11-12-1-3-13(4-2-12)17-9-10-18-14-5-7-15-8-6-14;10-5-6-12-9-3-1-8(7-11)2-4-9/h1-8,11H,9-10H2;1-4,7H,5-6H2. The van der Waals surface area contributed by atoms with Gasteiger partial charge in [-0.1, -0.05) is 15.9 Å². The zero-order valence-corrected chi connectivity index (χ0v) is 17.9. The Morgan fingerprint density at radius 1 is 0.633 bits per heavy atom. The fourth-order valence-electron chi connectivity index (χ4n) is 2.20. The highest BCUT2D eigenvalue weighted by molar-refractivity contribution is 9.09. The van der Waals surface area contributed by atoms with E-state index in [0.29, 0.717) is 30.9 Å². The maximum atomic E-state index is 10.5. The summed E-state index contributed by atoms with van der Waals surface area (Å²) in [5.74, 6) is 2.28. The van der Waals surface area contributed by atoms with Crippen molar-refractivity contribution >= 4 is 28.5 Å². The van der Waals surface area contributed by atoms with Gasteiger partial charge in [0.15, 0.2) is 0 Å². The quantitative estimate of drug-likeness (QED) is 0.244. The largest absolute Gasteiger partial charge is 0.493 e. The number of carbonyl (C=O) groups is 2. The number of hydrogen-bond donors (Lipinski definition) is 0. The third kappa shape index (κ3) is 8.87. The number of aromatic nitrogens is 1. The van der Waals surface area contributed by atoms with Crippen LogP contribution in [0.3, 0.4) is 0 Å². The molecule has 0 saturated carbocycles. The average Bonchev–Trinajstić information content (AvgIpc) is 2.82. The van der Waals surface area contributed by atoms with Crippen molar-refractivity contribution < 1.29 is 23.8 Å². The lowest BCUT2D eigenvalue weighted by molar-refractivity contribution is 0.111. The zero-order chi connectivity index (χ0) is 21.4. The molecule has 3 rings (SSSR count). The van der Waals surface area contributed by atoms with Gasteiger partial charge in [-0.15, -0.1) is 0 Å². The minimum Gasteiger partial charge on any atom is -0.493 e. The average molecular weight is 472 g/mol. The maximum Gasteiger partial charge on any atom is 0.150 e. The second-order valence-corrected chi connectivity index (χ2v) is 6.58. The monoisotopic (exact) mass is 471 g/mol. The second kappa shape index (κ2) is 13.9. The van der Waals surface area contributed by atoms with Crippen molar-refractivity contribution in [2.24, 2.45) is 0 Å². The molecule has 0 radical (unpaired) electrons. The molecular weight excluding hydrogens is 450 g/mol. The van der Waals surface area contributed by atoms with Crippen LogP contribution in [0.15, 0.2) is 73.1 Å². The number of ether oxygens (including phenoxy) is 3. The van der Waals surface area contributed by atoms with Gasteiger partial charge in [0.2, 0.25) is 0 Å². The first kappa shape index (κ1) is 23.1. The van der Waals surface area contributed by atoms with Crippen LogP contribution in [0, 0.1) is 0 Å². The first-order valence-corrected chi connectivity index (χ1v) is 10.3. The summed E-state index contributed by atoms with van der Waals surface area (Å²) >= 11 is 3.25. The van der Waals surface area contributed by atoms with E-state index in [-0.39, 0.29) is 0 Å². The summed E-state index contributed by atoms with van der Waals surface area (Å²) < 4.78 is 16.2. The van der Waals surface area contributed by atoms with Gasteiger partial charge in [-0.2, -0.15) is 0 Å². The molecule has 0 fully saturated rings. The zero-order valence-electron chi connectivity index (χ0n) is 16.3. The normalized spacial score (nSPS) is 9.63. The number of aldehydes is 2. The Hall–Kier alpha value is -3.19. The van der Waals surface area contributed by atoms with Crippen molar-refractivity contribution in [1.82, 2.24) is 4.98 Å². The topological polar surface area (TPSA) is 74.7 Å². The van der Waals surface area contributed by atoms with Crippen LogP contribution in [0.5, 0.6) is 17.2 Å². The first-order valence-electron chi connectivity index (χ1n) is 9.20. The van der Waals surface area contributed by atoms with E-state index < -0.39 is 0 Å². The summed E-state index contributed by atoms with van der Waals surface area (Å²) in [6.45, 7) is 1.54. The molecule has 0 unspecified atom stereocenters. The van der Waals surface area contributed by atoms with Gasteiger partial charge in [0, 0.05) is 28.9 Å². The van der Waals surface area contributed by atoms with Crippen LogP contribution >= 0.6 is 15.9 Å². The Morgan fingerprint density at radius 2 is 1.03 bits per heavy atom. The van der Waals surface area contributed by atoms with Crippen LogP contribution < -0.4 is 14.2 Å². The third-order valence-corrected chi connectivity index (χ3v) is 3.97. The third-order valence-electron chi connectivity index (χ3n) is 3.65. The van der Waals surface area contributed by atoms with Crippen LogP contribution in [-0.2, 0) is 0 Å². The number of halogens is 1. The molecule has 0 spiro atoms. The molecule has 0 aliphatic rings. The lowest BCUT2D eigenvalue weighted by Crippen LogP contribution is -2.08. The maximum absolute atomic E-state index is 10.5. The molecule has 0 bridgehead atoms. The molecule has 0 N–H and O–H groups in total. The van der Waals surface area contributed by atoms with Gasteiger partial charge >= 0.3 is 0 Å². The Kier molecular flexibility index (Phi) is 10.7. The van der Waals surface area contributed by atoms with Crippen LogP contribution in [0.4, 0.5) is 0 Å². The minimum atomic E-state index is 0.447. The Balaban J connectivity index is 0.000000232. The van der Waals surface area contributed by atoms with Crippen LogP contribution in [-0.4, -0.2) is 42.7 Å². The number of rotatable bonds is 10. The lowest BCUT2D eigenvalue weighted by Gasteiger charge is -2.08. The van der Waals surface area contributed by atoms with Crippen LogP contribution in [0.2, 0.25) is 0 Å². The summed E-state index contributed by atoms with van der Waals surface area (Å²) in [6.07, 6.45) is 4.97. The summed E-state index contributed by atoms with van der Waals surface area (Å²) in [4.78, 5) is 24.7. The summed E-state index contributed by atoms with van der Waals surface area (Å²) in [5.41, 5.74) is 1.30. The smallest absolute Gasteiger partial charge is 0.150 e. The van der Waals surface area contributed by atoms with Gasteiger partial charge in [-0.05, 0) is 60.7 Å². The van der Waals surface area contributed by atoms with Gasteiger partial charge in [-0.3, -0.25) is 14.6 Å². The minimum absolute atomic E-state index is 0.447. The van der Waals surface area contributed by atoms with Gasteiger partial charge in [0.1, 0.15) is 43.0 Å². The highest BCUT2D eigenvalue weighted by Crippen LogP contribution is 2.12. The molecule has 156 valence electrons. The second-order valence-electron chi connectivity index (χ2n) is 5.79. The van der Waals surface area contributed by atoms with E-state index in [4.69, 9.17) is 14.2 Å². The predicted molar refractivity (Wildman–Crippen MR) is 118 cm³/mol. The van der Waals surface area contributed by atoms with E-state index in [1.54, 1.807) is 73.1 Å². The number of nitrogens with zero attached hydrogens (tertiary/aromatic N) is 1. The molecule has 0 saturated heterocycles. The van der Waals surface area contributed by atoms with E-state index in [0.717, 1.165) is 35.2 Å². The summed E-state index contributed by atoms with van der Waals surface area (Å²) in [5, 5.41) is 0.808. The number of carbonyl (C=O) groups excluding carboxylic acids is 2. The molecule has 1 aromatic heterocycles.